The number of hydrogen-bond donors (Lipinski definition) is 0. The molecule has 0 heterocycles. The summed E-state index contributed by atoms with van der Waals surface area (Å²) >= 11 is 0. The highest BCUT2D eigenvalue weighted by molar-refractivity contribution is 6.06. The highest BCUT2D eigenvalue weighted by Gasteiger charge is 2.22. The fourth-order valence-corrected chi connectivity index (χ4v) is 2.52. The third kappa shape index (κ3) is 1.70. The summed E-state index contributed by atoms with van der Waals surface area (Å²) in [6.45, 7) is 0. The van der Waals surface area contributed by atoms with E-state index in [1.807, 2.05) is 42.5 Å². The number of ether oxygens (including phenoxy) is 1. The molecule has 0 radical (unpaired) electrons. The molecule has 18 heavy (non-hydrogen) atoms. The third-order valence-corrected chi connectivity index (χ3v) is 3.45. The number of Topliss-reactive ketones (excluding diaryl/α,β-unsaturated/α-hetero) is 1. The summed E-state index contributed by atoms with van der Waals surface area (Å²) in [5, 5.41) is 0. The molecular weight excluding hydrogens is 224 g/mol. The van der Waals surface area contributed by atoms with Gasteiger partial charge in [-0.25, -0.2) is 0 Å². The number of carbonyl (C=O) groups is 1. The van der Waals surface area contributed by atoms with Crippen LogP contribution in [0.3, 0.4) is 0 Å². The van der Waals surface area contributed by atoms with Gasteiger partial charge < -0.3 is 4.74 Å². The van der Waals surface area contributed by atoms with E-state index in [0.29, 0.717) is 6.42 Å². The lowest BCUT2D eigenvalue weighted by Gasteiger charge is -2.08. The van der Waals surface area contributed by atoms with E-state index in [9.17, 15) is 4.79 Å². The Kier molecular flexibility index (Phi) is 2.63. The second kappa shape index (κ2) is 4.30. The van der Waals surface area contributed by atoms with Crippen molar-refractivity contribution in [3.63, 3.8) is 0 Å². The molecule has 0 saturated heterocycles. The maximum absolute atomic E-state index is 12.0. The molecule has 3 rings (SSSR count). The Hall–Kier alpha value is -2.09. The van der Waals surface area contributed by atoms with Crippen molar-refractivity contribution in [3.05, 3.63) is 53.6 Å². The first-order valence-corrected chi connectivity index (χ1v) is 6.09. The lowest BCUT2D eigenvalue weighted by molar-refractivity contribution is 0.0995. The van der Waals surface area contributed by atoms with Crippen LogP contribution in [0.5, 0.6) is 5.75 Å². The van der Waals surface area contributed by atoms with E-state index in [4.69, 9.17) is 4.74 Å². The fraction of sp³-hybridized carbons (Fsp3) is 0.188. The summed E-state index contributed by atoms with van der Waals surface area (Å²) in [7, 11) is 1.65. The van der Waals surface area contributed by atoms with Gasteiger partial charge in [0.2, 0.25) is 0 Å². The molecule has 0 N–H and O–H groups in total. The SMILES string of the molecule is COc1ccc(-c2cccc3c2C(=O)CC3)cc1. The topological polar surface area (TPSA) is 26.3 Å². The maximum Gasteiger partial charge on any atom is 0.164 e. The number of rotatable bonds is 2. The highest BCUT2D eigenvalue weighted by Crippen LogP contribution is 2.32. The summed E-state index contributed by atoms with van der Waals surface area (Å²) < 4.78 is 5.15. The number of fused-ring (bicyclic) bond motifs is 1. The molecule has 0 atom stereocenters. The monoisotopic (exact) mass is 238 g/mol. The molecule has 1 aliphatic carbocycles. The lowest BCUT2D eigenvalue weighted by Crippen LogP contribution is -1.95. The minimum Gasteiger partial charge on any atom is -0.497 e. The third-order valence-electron chi connectivity index (χ3n) is 3.45. The van der Waals surface area contributed by atoms with E-state index in [2.05, 4.69) is 0 Å². The van der Waals surface area contributed by atoms with Crippen molar-refractivity contribution < 1.29 is 9.53 Å². The van der Waals surface area contributed by atoms with Crippen molar-refractivity contribution in [1.29, 1.82) is 0 Å². The van der Waals surface area contributed by atoms with Crippen LogP contribution in [0.4, 0.5) is 0 Å². The van der Waals surface area contributed by atoms with Gasteiger partial charge in [-0.2, -0.15) is 0 Å². The van der Waals surface area contributed by atoms with E-state index < -0.39 is 0 Å². The van der Waals surface area contributed by atoms with Crippen LogP contribution in [-0.2, 0) is 6.42 Å². The normalized spacial score (nSPS) is 13.5. The predicted molar refractivity (Wildman–Crippen MR) is 71.1 cm³/mol. The van der Waals surface area contributed by atoms with Crippen LogP contribution in [0, 0.1) is 0 Å². The first kappa shape index (κ1) is 11.0. The molecule has 0 aliphatic heterocycles. The van der Waals surface area contributed by atoms with Gasteiger partial charge in [0.05, 0.1) is 7.11 Å². The Balaban J connectivity index is 2.12. The van der Waals surface area contributed by atoms with Crippen molar-refractivity contribution in [2.75, 3.05) is 7.11 Å². The molecule has 2 aromatic rings. The standard InChI is InChI=1S/C16H14O2/c1-18-13-8-5-11(6-9-13)14-4-2-3-12-7-10-15(17)16(12)14/h2-6,8-9H,7,10H2,1H3. The Labute approximate surface area is 106 Å². The summed E-state index contributed by atoms with van der Waals surface area (Å²) in [5.74, 6) is 1.09. The number of carbonyl (C=O) groups excluding carboxylic acids is 1. The Morgan fingerprint density at radius 3 is 2.50 bits per heavy atom. The van der Waals surface area contributed by atoms with Gasteiger partial charge in [0.15, 0.2) is 5.78 Å². The van der Waals surface area contributed by atoms with Gasteiger partial charge >= 0.3 is 0 Å². The molecule has 0 saturated carbocycles. The van der Waals surface area contributed by atoms with Crippen molar-refractivity contribution in [1.82, 2.24) is 0 Å². The van der Waals surface area contributed by atoms with Crippen molar-refractivity contribution in [2.45, 2.75) is 12.8 Å². The van der Waals surface area contributed by atoms with Gasteiger partial charge in [0.25, 0.3) is 0 Å². The average Bonchev–Trinajstić information content (AvgIpc) is 2.81. The van der Waals surface area contributed by atoms with Gasteiger partial charge in [-0.3, -0.25) is 4.79 Å². The largest absolute Gasteiger partial charge is 0.497 e. The van der Waals surface area contributed by atoms with Crippen LogP contribution in [0.25, 0.3) is 11.1 Å². The zero-order chi connectivity index (χ0) is 12.5. The molecule has 1 aliphatic rings. The Bertz CT molecular complexity index is 597. The van der Waals surface area contributed by atoms with E-state index in [1.165, 1.54) is 5.56 Å². The molecular formula is C16H14O2. The molecule has 90 valence electrons. The minimum atomic E-state index is 0.261. The summed E-state index contributed by atoms with van der Waals surface area (Å²) in [6.07, 6.45) is 1.51. The van der Waals surface area contributed by atoms with Crippen LogP contribution >= 0.6 is 0 Å². The van der Waals surface area contributed by atoms with Gasteiger partial charge in [0.1, 0.15) is 5.75 Å². The minimum absolute atomic E-state index is 0.261. The average molecular weight is 238 g/mol. The Morgan fingerprint density at radius 2 is 1.78 bits per heavy atom. The molecule has 2 aromatic carbocycles. The van der Waals surface area contributed by atoms with Crippen LogP contribution in [-0.4, -0.2) is 12.9 Å². The van der Waals surface area contributed by atoms with E-state index in [1.54, 1.807) is 7.11 Å². The number of aryl methyl sites for hydroxylation is 1. The Morgan fingerprint density at radius 1 is 1.00 bits per heavy atom. The molecule has 2 heteroatoms. The summed E-state index contributed by atoms with van der Waals surface area (Å²) in [4.78, 5) is 12.0. The maximum atomic E-state index is 12.0. The van der Waals surface area contributed by atoms with Crippen LogP contribution in [0.15, 0.2) is 42.5 Å². The van der Waals surface area contributed by atoms with Gasteiger partial charge in [-0.05, 0) is 35.2 Å². The van der Waals surface area contributed by atoms with Crippen molar-refractivity contribution in [3.8, 4) is 16.9 Å². The van der Waals surface area contributed by atoms with E-state index >= 15 is 0 Å². The van der Waals surface area contributed by atoms with Gasteiger partial charge in [-0.15, -0.1) is 0 Å². The molecule has 0 aromatic heterocycles. The van der Waals surface area contributed by atoms with Gasteiger partial charge in [0, 0.05) is 12.0 Å². The van der Waals surface area contributed by atoms with Crippen LogP contribution in [0.2, 0.25) is 0 Å². The summed E-state index contributed by atoms with van der Waals surface area (Å²) in [6, 6.07) is 13.9. The number of ketones is 1. The molecule has 0 amide bonds. The quantitative estimate of drug-likeness (QED) is 0.800. The van der Waals surface area contributed by atoms with E-state index in [-0.39, 0.29) is 5.78 Å². The second-order valence-electron chi connectivity index (χ2n) is 4.49. The van der Waals surface area contributed by atoms with Crippen molar-refractivity contribution in [2.24, 2.45) is 0 Å². The number of benzene rings is 2. The van der Waals surface area contributed by atoms with Crippen molar-refractivity contribution >= 4 is 5.78 Å². The first-order valence-electron chi connectivity index (χ1n) is 6.09. The molecule has 2 nitrogen and oxygen atoms in total. The lowest BCUT2D eigenvalue weighted by atomic mass is 9.96. The molecule has 0 spiro atoms. The smallest absolute Gasteiger partial charge is 0.164 e. The molecule has 0 bridgehead atoms. The molecule has 0 fully saturated rings. The zero-order valence-electron chi connectivity index (χ0n) is 10.3. The van der Waals surface area contributed by atoms with Gasteiger partial charge in [-0.1, -0.05) is 30.3 Å². The molecule has 0 unspecified atom stereocenters. The second-order valence-corrected chi connectivity index (χ2v) is 4.49. The highest BCUT2D eigenvalue weighted by atomic mass is 16.5. The number of methoxy groups -OCH3 is 1. The van der Waals surface area contributed by atoms with Crippen LogP contribution < -0.4 is 4.74 Å². The number of hydrogen-bond acceptors (Lipinski definition) is 2. The zero-order valence-corrected chi connectivity index (χ0v) is 10.3. The fourth-order valence-electron chi connectivity index (χ4n) is 2.52. The van der Waals surface area contributed by atoms with E-state index in [0.717, 1.165) is 28.9 Å². The van der Waals surface area contributed by atoms with Crippen LogP contribution in [0.1, 0.15) is 22.3 Å². The first-order chi connectivity index (χ1) is 8.79. The predicted octanol–water partition coefficient (Wildman–Crippen LogP) is 3.49. The summed E-state index contributed by atoms with van der Waals surface area (Å²) in [5.41, 5.74) is 4.19.